The Morgan fingerprint density at radius 2 is 2.20 bits per heavy atom. The molecule has 1 aromatic heterocycles. The van der Waals surface area contributed by atoms with Crippen molar-refractivity contribution in [2.24, 2.45) is 0 Å². The molecule has 0 fully saturated rings. The Balaban J connectivity index is 3.34. The van der Waals surface area contributed by atoms with Crippen molar-refractivity contribution in [3.05, 3.63) is 23.0 Å². The van der Waals surface area contributed by atoms with E-state index in [1.165, 1.54) is 6.92 Å². The third-order valence-corrected chi connectivity index (χ3v) is 1.83. The van der Waals surface area contributed by atoms with E-state index >= 15 is 0 Å². The number of nitrogens with zero attached hydrogens (tertiary/aromatic N) is 1. The highest BCUT2D eigenvalue weighted by Gasteiger charge is 2.22. The second-order valence-corrected chi connectivity index (χ2v) is 2.82. The molecule has 0 aliphatic heterocycles. The predicted molar refractivity (Wildman–Crippen MR) is 46.9 cm³/mol. The van der Waals surface area contributed by atoms with E-state index in [9.17, 15) is 18.7 Å². The monoisotopic (exact) mass is 217 g/mol. The Labute approximate surface area is 84.5 Å². The molecule has 0 amide bonds. The number of hydrogen-bond acceptors (Lipinski definition) is 4. The molecule has 82 valence electrons. The molecular formula is C9H9F2NO3. The van der Waals surface area contributed by atoms with E-state index in [0.29, 0.717) is 0 Å². The number of aromatic hydroxyl groups is 1. The van der Waals surface area contributed by atoms with Gasteiger partial charge in [0.1, 0.15) is 5.75 Å². The topological polar surface area (TPSA) is 59.4 Å². The summed E-state index contributed by atoms with van der Waals surface area (Å²) in [5.74, 6) is -1.33. The number of halogens is 2. The number of esters is 1. The average Bonchev–Trinajstić information content (AvgIpc) is 2.20. The SMILES string of the molecule is COC(=O)c1nc(C)c(O)cc1C(F)F. The lowest BCUT2D eigenvalue weighted by Crippen LogP contribution is -2.10. The molecule has 15 heavy (non-hydrogen) atoms. The number of carbonyl (C=O) groups excluding carboxylic acids is 1. The first kappa shape index (κ1) is 11.4. The molecule has 1 heterocycles. The fourth-order valence-corrected chi connectivity index (χ4v) is 1.04. The van der Waals surface area contributed by atoms with E-state index in [1.807, 2.05) is 0 Å². The smallest absolute Gasteiger partial charge is 0.357 e. The first-order chi connectivity index (χ1) is 6.97. The average molecular weight is 217 g/mol. The molecule has 0 unspecified atom stereocenters. The van der Waals surface area contributed by atoms with Gasteiger partial charge in [-0.05, 0) is 13.0 Å². The number of aromatic nitrogens is 1. The quantitative estimate of drug-likeness (QED) is 0.767. The number of alkyl halides is 2. The van der Waals surface area contributed by atoms with Crippen molar-refractivity contribution in [2.45, 2.75) is 13.3 Å². The minimum atomic E-state index is -2.89. The first-order valence-corrected chi connectivity index (χ1v) is 4.04. The van der Waals surface area contributed by atoms with Crippen LogP contribution in [0.4, 0.5) is 8.78 Å². The summed E-state index contributed by atoms with van der Waals surface area (Å²) in [6.07, 6.45) is -2.89. The largest absolute Gasteiger partial charge is 0.506 e. The Morgan fingerprint density at radius 3 is 2.67 bits per heavy atom. The Bertz CT molecular complexity index is 393. The van der Waals surface area contributed by atoms with Gasteiger partial charge in [0.05, 0.1) is 18.4 Å². The third-order valence-electron chi connectivity index (χ3n) is 1.83. The Kier molecular flexibility index (Phi) is 3.18. The molecule has 1 rings (SSSR count). The molecule has 0 radical (unpaired) electrons. The zero-order valence-corrected chi connectivity index (χ0v) is 8.12. The van der Waals surface area contributed by atoms with Gasteiger partial charge in [-0.15, -0.1) is 0 Å². The summed E-state index contributed by atoms with van der Waals surface area (Å²) >= 11 is 0. The maximum Gasteiger partial charge on any atom is 0.357 e. The van der Waals surface area contributed by atoms with Crippen LogP contribution in [0.1, 0.15) is 28.2 Å². The number of aryl methyl sites for hydroxylation is 1. The second-order valence-electron chi connectivity index (χ2n) is 2.82. The van der Waals surface area contributed by atoms with Crippen LogP contribution in [0, 0.1) is 6.92 Å². The van der Waals surface area contributed by atoms with Gasteiger partial charge in [0.25, 0.3) is 6.43 Å². The van der Waals surface area contributed by atoms with E-state index in [-0.39, 0.29) is 11.4 Å². The van der Waals surface area contributed by atoms with Crippen LogP contribution in [0.5, 0.6) is 5.75 Å². The van der Waals surface area contributed by atoms with Gasteiger partial charge in [-0.3, -0.25) is 0 Å². The summed E-state index contributed by atoms with van der Waals surface area (Å²) in [5, 5.41) is 9.18. The fourth-order valence-electron chi connectivity index (χ4n) is 1.04. The summed E-state index contributed by atoms with van der Waals surface area (Å²) in [5.41, 5.74) is -1.01. The lowest BCUT2D eigenvalue weighted by atomic mass is 10.1. The number of pyridine rings is 1. The first-order valence-electron chi connectivity index (χ1n) is 4.04. The lowest BCUT2D eigenvalue weighted by molar-refractivity contribution is 0.0581. The van der Waals surface area contributed by atoms with Crippen LogP contribution in [0.3, 0.4) is 0 Å². The summed E-state index contributed by atoms with van der Waals surface area (Å²) in [4.78, 5) is 14.7. The number of methoxy groups -OCH3 is 1. The molecule has 0 aromatic carbocycles. The van der Waals surface area contributed by atoms with E-state index < -0.39 is 23.7 Å². The third kappa shape index (κ3) is 2.20. The van der Waals surface area contributed by atoms with Crippen molar-refractivity contribution in [1.82, 2.24) is 4.98 Å². The minimum absolute atomic E-state index is 0.0970. The fraction of sp³-hybridized carbons (Fsp3) is 0.333. The highest BCUT2D eigenvalue weighted by Crippen LogP contribution is 2.27. The molecule has 0 atom stereocenters. The van der Waals surface area contributed by atoms with Gasteiger partial charge >= 0.3 is 5.97 Å². The highest BCUT2D eigenvalue weighted by atomic mass is 19.3. The molecule has 1 N–H and O–H groups in total. The van der Waals surface area contributed by atoms with Crippen molar-refractivity contribution >= 4 is 5.97 Å². The van der Waals surface area contributed by atoms with E-state index in [1.54, 1.807) is 0 Å². The van der Waals surface area contributed by atoms with Crippen LogP contribution in [-0.2, 0) is 4.74 Å². The van der Waals surface area contributed by atoms with Crippen LogP contribution >= 0.6 is 0 Å². The van der Waals surface area contributed by atoms with E-state index in [2.05, 4.69) is 9.72 Å². The van der Waals surface area contributed by atoms with Gasteiger partial charge in [-0.1, -0.05) is 0 Å². The lowest BCUT2D eigenvalue weighted by Gasteiger charge is -2.08. The molecule has 6 heteroatoms. The molecule has 1 aromatic rings. The predicted octanol–water partition coefficient (Wildman–Crippen LogP) is 1.82. The van der Waals surface area contributed by atoms with Gasteiger partial charge in [-0.25, -0.2) is 18.6 Å². The van der Waals surface area contributed by atoms with Gasteiger partial charge in [0.2, 0.25) is 0 Å². The normalized spacial score (nSPS) is 10.5. The van der Waals surface area contributed by atoms with Crippen molar-refractivity contribution in [2.75, 3.05) is 7.11 Å². The van der Waals surface area contributed by atoms with Crippen molar-refractivity contribution in [3.8, 4) is 5.75 Å². The van der Waals surface area contributed by atoms with E-state index in [4.69, 9.17) is 0 Å². The zero-order chi connectivity index (χ0) is 11.6. The van der Waals surface area contributed by atoms with Gasteiger partial charge in [-0.2, -0.15) is 0 Å². The Morgan fingerprint density at radius 1 is 1.60 bits per heavy atom. The van der Waals surface area contributed by atoms with Crippen LogP contribution in [0.15, 0.2) is 6.07 Å². The summed E-state index contributed by atoms with van der Waals surface area (Å²) in [6.45, 7) is 1.40. The van der Waals surface area contributed by atoms with Gasteiger partial charge in [0, 0.05) is 0 Å². The van der Waals surface area contributed by atoms with Crippen molar-refractivity contribution in [3.63, 3.8) is 0 Å². The van der Waals surface area contributed by atoms with Crippen molar-refractivity contribution < 1.29 is 23.4 Å². The summed E-state index contributed by atoms with van der Waals surface area (Å²) in [6, 6.07) is 0.819. The highest BCUT2D eigenvalue weighted by molar-refractivity contribution is 5.89. The number of rotatable bonds is 2. The standard InChI is InChI=1S/C9H9F2NO3/c1-4-6(13)3-5(8(10)11)7(12-4)9(14)15-2/h3,8,13H,1-2H3. The number of ether oxygens (including phenoxy) is 1. The van der Waals surface area contributed by atoms with Crippen molar-refractivity contribution in [1.29, 1.82) is 0 Å². The molecule has 0 aliphatic carbocycles. The van der Waals surface area contributed by atoms with Crippen LogP contribution in [0.25, 0.3) is 0 Å². The second kappa shape index (κ2) is 4.20. The molecule has 0 aliphatic rings. The molecule has 4 nitrogen and oxygen atoms in total. The van der Waals surface area contributed by atoms with Crippen LogP contribution < -0.4 is 0 Å². The van der Waals surface area contributed by atoms with E-state index in [0.717, 1.165) is 13.2 Å². The summed E-state index contributed by atoms with van der Waals surface area (Å²) in [7, 11) is 1.07. The number of carbonyl (C=O) groups is 1. The summed E-state index contributed by atoms with van der Waals surface area (Å²) < 4.78 is 29.3. The van der Waals surface area contributed by atoms with Crippen LogP contribution in [-0.4, -0.2) is 23.2 Å². The zero-order valence-electron chi connectivity index (χ0n) is 8.12. The molecule has 0 saturated heterocycles. The van der Waals surface area contributed by atoms with Gasteiger partial charge < -0.3 is 9.84 Å². The number of hydrogen-bond donors (Lipinski definition) is 1. The minimum Gasteiger partial charge on any atom is -0.506 e. The maximum atomic E-state index is 12.5. The molecule has 0 saturated carbocycles. The molecule has 0 bridgehead atoms. The maximum absolute atomic E-state index is 12.5. The van der Waals surface area contributed by atoms with Gasteiger partial charge in [0.15, 0.2) is 5.69 Å². The molecular weight excluding hydrogens is 208 g/mol. The molecule has 0 spiro atoms. The van der Waals surface area contributed by atoms with Crippen LogP contribution in [0.2, 0.25) is 0 Å². The Hall–Kier alpha value is -1.72.